The third-order valence-corrected chi connectivity index (χ3v) is 3.66. The number of sulfonamides is 1. The van der Waals surface area contributed by atoms with Crippen LogP contribution in [0, 0.1) is 17.2 Å². The zero-order valence-corrected chi connectivity index (χ0v) is 10.9. The first-order valence-electron chi connectivity index (χ1n) is 5.34. The van der Waals surface area contributed by atoms with Gasteiger partial charge in [0.1, 0.15) is 6.04 Å². The van der Waals surface area contributed by atoms with E-state index in [0.717, 1.165) is 0 Å². The average Bonchev–Trinajstić information content (AvgIpc) is 2.74. The third-order valence-electron chi connectivity index (χ3n) is 2.34. The number of nitrogens with one attached hydrogen (secondary N) is 1. The van der Waals surface area contributed by atoms with Gasteiger partial charge in [-0.1, -0.05) is 13.8 Å². The molecule has 0 aromatic carbocycles. The lowest BCUT2D eigenvalue weighted by Crippen LogP contribution is -2.37. The van der Waals surface area contributed by atoms with Crippen molar-refractivity contribution >= 4 is 10.0 Å². The van der Waals surface area contributed by atoms with Crippen molar-refractivity contribution in [1.29, 1.82) is 5.26 Å². The van der Waals surface area contributed by atoms with Crippen LogP contribution in [0.15, 0.2) is 17.6 Å². The molecule has 0 saturated carbocycles. The van der Waals surface area contributed by atoms with Crippen LogP contribution in [0.2, 0.25) is 0 Å². The van der Waals surface area contributed by atoms with E-state index in [-0.39, 0.29) is 10.9 Å². The van der Waals surface area contributed by atoms with Gasteiger partial charge in [0.05, 0.1) is 12.4 Å². The van der Waals surface area contributed by atoms with Gasteiger partial charge in [0.2, 0.25) is 0 Å². The molecule has 6 nitrogen and oxygen atoms in total. The molecule has 1 atom stereocenters. The molecule has 7 heteroatoms. The molecule has 0 radical (unpaired) electrons. The minimum atomic E-state index is -3.71. The molecule has 0 spiro atoms. The van der Waals surface area contributed by atoms with Crippen LogP contribution in [0.3, 0.4) is 0 Å². The molecule has 0 aliphatic rings. The fraction of sp³-hybridized carbons (Fsp3) is 0.600. The molecule has 1 rings (SSSR count). The summed E-state index contributed by atoms with van der Waals surface area (Å²) in [5.41, 5.74) is 0. The zero-order valence-electron chi connectivity index (χ0n) is 10.1. The molecule has 0 fully saturated rings. The fourth-order valence-electron chi connectivity index (χ4n) is 1.19. The maximum atomic E-state index is 11.9. The summed E-state index contributed by atoms with van der Waals surface area (Å²) < 4.78 is 27.8. The van der Waals surface area contributed by atoms with Crippen molar-refractivity contribution in [3.63, 3.8) is 0 Å². The minimum absolute atomic E-state index is 0.0553. The number of aromatic nitrogens is 2. The molecular weight excluding hydrogens is 240 g/mol. The van der Waals surface area contributed by atoms with Gasteiger partial charge in [-0.3, -0.25) is 0 Å². The first kappa shape index (κ1) is 13.7. The van der Waals surface area contributed by atoms with Crippen LogP contribution in [0.1, 0.15) is 20.8 Å². The number of nitriles is 1. The highest BCUT2D eigenvalue weighted by atomic mass is 32.2. The molecule has 1 N–H and O–H groups in total. The summed E-state index contributed by atoms with van der Waals surface area (Å²) in [5, 5.41) is 8.80. The molecule has 0 aliphatic carbocycles. The first-order chi connectivity index (χ1) is 7.90. The van der Waals surface area contributed by atoms with E-state index < -0.39 is 16.1 Å². The van der Waals surface area contributed by atoms with Crippen LogP contribution < -0.4 is 4.72 Å². The molecule has 1 heterocycles. The Labute approximate surface area is 101 Å². The lowest BCUT2D eigenvalue weighted by Gasteiger charge is -2.13. The summed E-state index contributed by atoms with van der Waals surface area (Å²) in [7, 11) is -3.71. The van der Waals surface area contributed by atoms with Crippen molar-refractivity contribution in [3.8, 4) is 6.07 Å². The van der Waals surface area contributed by atoms with Gasteiger partial charge < -0.3 is 4.57 Å². The highest BCUT2D eigenvalue weighted by molar-refractivity contribution is 7.89. The van der Waals surface area contributed by atoms with Crippen LogP contribution in [0.4, 0.5) is 0 Å². The van der Waals surface area contributed by atoms with Crippen LogP contribution >= 0.6 is 0 Å². The molecule has 0 bridgehead atoms. The SMILES string of the molecule is CCn1cnc(S(=O)(=O)NC(C#N)C(C)C)c1. The van der Waals surface area contributed by atoms with Crippen molar-refractivity contribution < 1.29 is 8.42 Å². The van der Waals surface area contributed by atoms with Gasteiger partial charge >= 0.3 is 0 Å². The molecule has 17 heavy (non-hydrogen) atoms. The van der Waals surface area contributed by atoms with E-state index in [2.05, 4.69) is 9.71 Å². The molecule has 0 amide bonds. The van der Waals surface area contributed by atoms with Crippen molar-refractivity contribution in [2.45, 2.75) is 38.4 Å². The van der Waals surface area contributed by atoms with Gasteiger partial charge in [-0.15, -0.1) is 0 Å². The molecule has 0 aliphatic heterocycles. The number of hydrogen-bond acceptors (Lipinski definition) is 4. The van der Waals surface area contributed by atoms with Gasteiger partial charge in [-0.25, -0.2) is 13.4 Å². The number of rotatable bonds is 5. The Balaban J connectivity index is 2.93. The smallest absolute Gasteiger partial charge is 0.260 e. The first-order valence-corrected chi connectivity index (χ1v) is 6.82. The van der Waals surface area contributed by atoms with Gasteiger partial charge in [0.25, 0.3) is 10.0 Å². The normalized spacial score (nSPS) is 13.6. The lowest BCUT2D eigenvalue weighted by molar-refractivity contribution is 0.513. The maximum Gasteiger partial charge on any atom is 0.260 e. The van der Waals surface area contributed by atoms with Crippen molar-refractivity contribution in [2.24, 2.45) is 5.92 Å². The zero-order chi connectivity index (χ0) is 13.1. The highest BCUT2D eigenvalue weighted by Gasteiger charge is 2.23. The standard InChI is InChI=1S/C10H16N4O2S/c1-4-14-6-10(12-7-14)17(15,16)13-9(5-11)8(2)3/h6-9,13H,4H2,1-3H3. The predicted molar refractivity (Wildman–Crippen MR) is 62.5 cm³/mol. The Morgan fingerprint density at radius 2 is 2.24 bits per heavy atom. The number of nitrogens with zero attached hydrogens (tertiary/aromatic N) is 3. The summed E-state index contributed by atoms with van der Waals surface area (Å²) in [6.45, 7) is 6.09. The van der Waals surface area contributed by atoms with Gasteiger partial charge in [0.15, 0.2) is 5.03 Å². The van der Waals surface area contributed by atoms with Gasteiger partial charge in [0, 0.05) is 12.7 Å². The second-order valence-electron chi connectivity index (χ2n) is 4.01. The van der Waals surface area contributed by atoms with E-state index in [1.54, 1.807) is 18.4 Å². The lowest BCUT2D eigenvalue weighted by atomic mass is 10.1. The Kier molecular flexibility index (Phi) is 4.26. The summed E-state index contributed by atoms with van der Waals surface area (Å²) in [6, 6.07) is 1.18. The molecule has 1 aromatic heterocycles. The molecule has 0 saturated heterocycles. The summed E-state index contributed by atoms with van der Waals surface area (Å²) in [5.74, 6) is -0.0944. The van der Waals surface area contributed by atoms with Crippen LogP contribution in [-0.4, -0.2) is 24.0 Å². The molecule has 94 valence electrons. The van der Waals surface area contributed by atoms with E-state index in [9.17, 15) is 8.42 Å². The van der Waals surface area contributed by atoms with E-state index in [1.807, 2.05) is 13.0 Å². The largest absolute Gasteiger partial charge is 0.336 e. The Morgan fingerprint density at radius 1 is 1.59 bits per heavy atom. The number of hydrogen-bond donors (Lipinski definition) is 1. The number of aryl methyl sites for hydroxylation is 1. The van der Waals surface area contributed by atoms with Gasteiger partial charge in [-0.2, -0.15) is 9.98 Å². The summed E-state index contributed by atoms with van der Waals surface area (Å²) in [4.78, 5) is 3.81. The van der Waals surface area contributed by atoms with E-state index in [1.165, 1.54) is 12.5 Å². The number of imidazole rings is 1. The Bertz CT molecular complexity index is 513. The second kappa shape index (κ2) is 5.29. The summed E-state index contributed by atoms with van der Waals surface area (Å²) >= 11 is 0. The second-order valence-corrected chi connectivity index (χ2v) is 5.68. The van der Waals surface area contributed by atoms with Gasteiger partial charge in [-0.05, 0) is 12.8 Å². The highest BCUT2D eigenvalue weighted by Crippen LogP contribution is 2.09. The van der Waals surface area contributed by atoms with Crippen molar-refractivity contribution in [2.75, 3.05) is 0 Å². The maximum absolute atomic E-state index is 11.9. The van der Waals surface area contributed by atoms with Crippen LogP contribution in [0.25, 0.3) is 0 Å². The predicted octanol–water partition coefficient (Wildman–Crippen LogP) is 0.729. The van der Waals surface area contributed by atoms with Crippen molar-refractivity contribution in [1.82, 2.24) is 14.3 Å². The van der Waals surface area contributed by atoms with Crippen LogP contribution in [0.5, 0.6) is 0 Å². The quantitative estimate of drug-likeness (QED) is 0.841. The topological polar surface area (TPSA) is 87.8 Å². The van der Waals surface area contributed by atoms with E-state index >= 15 is 0 Å². The van der Waals surface area contributed by atoms with E-state index in [0.29, 0.717) is 6.54 Å². The Morgan fingerprint density at radius 3 is 2.65 bits per heavy atom. The monoisotopic (exact) mass is 256 g/mol. The summed E-state index contributed by atoms with van der Waals surface area (Å²) in [6.07, 6.45) is 2.89. The molecular formula is C10H16N4O2S. The van der Waals surface area contributed by atoms with Crippen LogP contribution in [-0.2, 0) is 16.6 Å². The Hall–Kier alpha value is -1.39. The fourth-order valence-corrected chi connectivity index (χ4v) is 2.43. The minimum Gasteiger partial charge on any atom is -0.336 e. The third kappa shape index (κ3) is 3.28. The average molecular weight is 256 g/mol. The van der Waals surface area contributed by atoms with E-state index in [4.69, 9.17) is 5.26 Å². The molecule has 1 unspecified atom stereocenters. The van der Waals surface area contributed by atoms with Crippen molar-refractivity contribution in [3.05, 3.63) is 12.5 Å². The molecule has 1 aromatic rings.